The Morgan fingerprint density at radius 3 is 3.06 bits per heavy atom. The fourth-order valence-electron chi connectivity index (χ4n) is 3.58. The molecule has 3 rings (SSSR count). The number of hydrogen-bond donors (Lipinski definition) is 4. The molecule has 2 aromatic rings. The van der Waals surface area contributed by atoms with Crippen LogP contribution in [0.2, 0.25) is 0 Å². The van der Waals surface area contributed by atoms with E-state index in [2.05, 4.69) is 31.1 Å². The van der Waals surface area contributed by atoms with Gasteiger partial charge >= 0.3 is 0 Å². The van der Waals surface area contributed by atoms with Gasteiger partial charge in [-0.1, -0.05) is 31.0 Å². The third-order valence-corrected chi connectivity index (χ3v) is 5.31. The molecule has 1 fully saturated rings. The number of amides is 1. The molecule has 5 N–H and O–H groups in total. The Balaban J connectivity index is 1.29. The van der Waals surface area contributed by atoms with E-state index in [0.29, 0.717) is 26.3 Å². The molecule has 1 unspecified atom stereocenters. The van der Waals surface area contributed by atoms with Gasteiger partial charge in [-0.3, -0.25) is 25.4 Å². The van der Waals surface area contributed by atoms with E-state index in [-0.39, 0.29) is 23.8 Å². The first kappa shape index (κ1) is 24.9. The van der Waals surface area contributed by atoms with Crippen molar-refractivity contribution < 1.29 is 18.8 Å². The normalized spacial score (nSPS) is 19.6. The number of nitrogens with two attached hydrogens (primary N) is 1. The minimum atomic E-state index is -1.00. The Kier molecular flexibility index (Phi) is 10.4. The summed E-state index contributed by atoms with van der Waals surface area (Å²) in [4.78, 5) is 29.9. The molecule has 1 heterocycles. The highest BCUT2D eigenvalue weighted by molar-refractivity contribution is 5.92. The molecule has 0 spiro atoms. The largest absolute Gasteiger partial charge is 0.366 e. The van der Waals surface area contributed by atoms with Crippen molar-refractivity contribution >= 4 is 23.1 Å². The van der Waals surface area contributed by atoms with Gasteiger partial charge in [0.15, 0.2) is 6.23 Å². The van der Waals surface area contributed by atoms with Crippen molar-refractivity contribution in [2.24, 2.45) is 10.7 Å². The van der Waals surface area contributed by atoms with Crippen LogP contribution >= 0.6 is 0 Å². The summed E-state index contributed by atoms with van der Waals surface area (Å²) in [6, 6.07) is 7.81. The van der Waals surface area contributed by atoms with Crippen LogP contribution in [-0.2, 0) is 9.57 Å². The van der Waals surface area contributed by atoms with Gasteiger partial charge in [-0.2, -0.15) is 0 Å². The molecular weight excluding hydrogens is 429 g/mol. The number of fused-ring (bicyclic) bond motifs is 1. The second kappa shape index (κ2) is 13.7. The standard InChI is InChI=1S/C22H32FN7O3/c23-12-20(24)33-29-14-27-18-8-3-4-9-19(18)28-15-32-11-5-10-25-22(31)21-26-13-16-6-1-2-7-17(16)30-21/h1-2,6-7,13-14,18-20,28H,3-5,8-12,15,24H2,(H,25,31)(H,27,29)/t18-,19+,20?/m1/s1. The predicted molar refractivity (Wildman–Crippen MR) is 123 cm³/mol. The number of ether oxygens (including phenoxy) is 1. The third kappa shape index (κ3) is 8.28. The summed E-state index contributed by atoms with van der Waals surface area (Å²) in [5, 5.41) is 7.09. The van der Waals surface area contributed by atoms with Crippen molar-refractivity contribution in [2.75, 3.05) is 26.6 Å². The van der Waals surface area contributed by atoms with E-state index in [1.807, 2.05) is 24.3 Å². The number of hydroxylamine groups is 1. The van der Waals surface area contributed by atoms with E-state index in [9.17, 15) is 9.18 Å². The van der Waals surface area contributed by atoms with Crippen molar-refractivity contribution in [3.8, 4) is 0 Å². The van der Waals surface area contributed by atoms with Crippen LogP contribution in [0, 0.1) is 0 Å². The van der Waals surface area contributed by atoms with Gasteiger partial charge in [0, 0.05) is 24.2 Å². The van der Waals surface area contributed by atoms with Gasteiger partial charge in [0.25, 0.3) is 5.91 Å². The van der Waals surface area contributed by atoms with E-state index in [1.165, 1.54) is 6.34 Å². The van der Waals surface area contributed by atoms with Crippen LogP contribution in [0.15, 0.2) is 35.5 Å². The van der Waals surface area contributed by atoms with E-state index in [4.69, 9.17) is 15.3 Å². The number of para-hydroxylation sites is 1. The zero-order valence-electron chi connectivity index (χ0n) is 18.6. The van der Waals surface area contributed by atoms with Crippen LogP contribution < -0.4 is 21.8 Å². The Bertz CT molecular complexity index is 901. The van der Waals surface area contributed by atoms with Crippen LogP contribution in [0.3, 0.4) is 0 Å². The van der Waals surface area contributed by atoms with Crippen molar-refractivity contribution in [3.05, 3.63) is 36.3 Å². The van der Waals surface area contributed by atoms with Crippen LogP contribution in [-0.4, -0.2) is 67.1 Å². The maximum Gasteiger partial charge on any atom is 0.289 e. The number of nitrogens with one attached hydrogen (secondary N) is 3. The monoisotopic (exact) mass is 461 g/mol. The molecule has 0 bridgehead atoms. The molecule has 1 aromatic heterocycles. The SMILES string of the molecule is NC(CF)ONC=N[C@@H]1CCCC[C@@H]1NCOCCCNC(=O)c1ncc2ccccc2n1. The van der Waals surface area contributed by atoms with Crippen LogP contribution in [0.4, 0.5) is 4.39 Å². The average Bonchev–Trinajstić information content (AvgIpc) is 2.86. The Morgan fingerprint density at radius 1 is 1.33 bits per heavy atom. The number of aliphatic imine (C=N–C) groups is 1. The molecule has 33 heavy (non-hydrogen) atoms. The first-order valence-electron chi connectivity index (χ1n) is 11.2. The molecule has 3 atom stereocenters. The molecule has 11 heteroatoms. The van der Waals surface area contributed by atoms with Gasteiger partial charge < -0.3 is 15.8 Å². The molecule has 180 valence electrons. The van der Waals surface area contributed by atoms with Crippen molar-refractivity contribution in [3.63, 3.8) is 0 Å². The summed E-state index contributed by atoms with van der Waals surface area (Å²) in [6.45, 7) is 0.600. The number of carbonyl (C=O) groups is 1. The van der Waals surface area contributed by atoms with Crippen LogP contribution in [0.25, 0.3) is 10.9 Å². The zero-order chi connectivity index (χ0) is 23.3. The summed E-state index contributed by atoms with van der Waals surface area (Å²) in [6.07, 6.45) is 6.92. The Hall–Kier alpha value is -2.73. The molecular formula is C22H32FN7O3. The minimum absolute atomic E-state index is 0.0845. The van der Waals surface area contributed by atoms with Crippen molar-refractivity contribution in [1.82, 2.24) is 26.1 Å². The Morgan fingerprint density at radius 2 is 2.18 bits per heavy atom. The number of hydrogen-bond acceptors (Lipinski definition) is 8. The fourth-order valence-corrected chi connectivity index (χ4v) is 3.58. The average molecular weight is 462 g/mol. The third-order valence-electron chi connectivity index (χ3n) is 5.31. The van der Waals surface area contributed by atoms with Gasteiger partial charge in [-0.05, 0) is 25.3 Å². The molecule has 1 aliphatic rings. The molecule has 0 radical (unpaired) electrons. The summed E-state index contributed by atoms with van der Waals surface area (Å²) < 4.78 is 17.9. The lowest BCUT2D eigenvalue weighted by atomic mass is 9.91. The highest BCUT2D eigenvalue weighted by Crippen LogP contribution is 2.21. The molecule has 1 saturated carbocycles. The number of alkyl halides is 1. The number of carbonyl (C=O) groups excluding carboxylic acids is 1. The number of benzene rings is 1. The van der Waals surface area contributed by atoms with E-state index in [1.54, 1.807) is 6.20 Å². The highest BCUT2D eigenvalue weighted by Gasteiger charge is 2.23. The van der Waals surface area contributed by atoms with Crippen LogP contribution in [0.1, 0.15) is 42.7 Å². The minimum Gasteiger partial charge on any atom is -0.366 e. The summed E-state index contributed by atoms with van der Waals surface area (Å²) in [5.41, 5.74) is 8.53. The number of nitrogens with zero attached hydrogens (tertiary/aromatic N) is 3. The molecule has 1 aromatic carbocycles. The zero-order valence-corrected chi connectivity index (χ0v) is 18.6. The van der Waals surface area contributed by atoms with Crippen molar-refractivity contribution in [1.29, 1.82) is 0 Å². The number of rotatable bonds is 13. The topological polar surface area (TPSA) is 136 Å². The maximum absolute atomic E-state index is 12.3. The van der Waals surface area contributed by atoms with Gasteiger partial charge in [0.2, 0.25) is 5.82 Å². The first-order valence-corrected chi connectivity index (χ1v) is 11.2. The van der Waals surface area contributed by atoms with E-state index >= 15 is 0 Å². The lowest BCUT2D eigenvalue weighted by Crippen LogP contribution is -2.43. The van der Waals surface area contributed by atoms with Gasteiger partial charge in [0.05, 0.1) is 24.9 Å². The van der Waals surface area contributed by atoms with Crippen molar-refractivity contribution in [2.45, 2.75) is 50.4 Å². The second-order valence-corrected chi connectivity index (χ2v) is 7.78. The molecule has 0 aliphatic heterocycles. The second-order valence-electron chi connectivity index (χ2n) is 7.78. The van der Waals surface area contributed by atoms with Gasteiger partial charge in [-0.25, -0.2) is 14.4 Å². The van der Waals surface area contributed by atoms with Gasteiger partial charge in [-0.15, -0.1) is 0 Å². The molecule has 10 nitrogen and oxygen atoms in total. The summed E-state index contributed by atoms with van der Waals surface area (Å²) in [7, 11) is 0. The maximum atomic E-state index is 12.3. The molecule has 1 aliphatic carbocycles. The van der Waals surface area contributed by atoms with E-state index in [0.717, 1.165) is 36.6 Å². The lowest BCUT2D eigenvalue weighted by molar-refractivity contribution is 0.00248. The van der Waals surface area contributed by atoms with Gasteiger partial charge in [0.1, 0.15) is 13.0 Å². The van der Waals surface area contributed by atoms with E-state index < -0.39 is 12.9 Å². The first-order chi connectivity index (χ1) is 16.2. The molecule has 1 amide bonds. The Labute approximate surface area is 192 Å². The predicted octanol–water partition coefficient (Wildman–Crippen LogP) is 1.43. The summed E-state index contributed by atoms with van der Waals surface area (Å²) in [5.74, 6) is -0.140. The quantitative estimate of drug-likeness (QED) is 0.116. The number of halogens is 1. The number of aromatic nitrogens is 2. The lowest BCUT2D eigenvalue weighted by Gasteiger charge is -2.29. The summed E-state index contributed by atoms with van der Waals surface area (Å²) >= 11 is 0. The highest BCUT2D eigenvalue weighted by atomic mass is 19.1. The molecule has 0 saturated heterocycles. The van der Waals surface area contributed by atoms with Crippen LogP contribution in [0.5, 0.6) is 0 Å². The fraction of sp³-hybridized carbons (Fsp3) is 0.545. The smallest absolute Gasteiger partial charge is 0.289 e.